The maximum absolute atomic E-state index is 13.1. The first-order valence-corrected chi connectivity index (χ1v) is 9.82. The van der Waals surface area contributed by atoms with Gasteiger partial charge in [-0.15, -0.1) is 0 Å². The first-order valence-electron chi connectivity index (χ1n) is 9.82. The Morgan fingerprint density at radius 1 is 1.06 bits per heavy atom. The van der Waals surface area contributed by atoms with Crippen LogP contribution in [0.1, 0.15) is 34.2 Å². The number of rotatable bonds is 6. The molecule has 0 unspecified atom stereocenters. The van der Waals surface area contributed by atoms with Crippen LogP contribution in [0, 0.1) is 6.92 Å². The van der Waals surface area contributed by atoms with Gasteiger partial charge in [-0.2, -0.15) is 18.3 Å². The van der Waals surface area contributed by atoms with Crippen molar-refractivity contribution in [3.8, 4) is 5.69 Å². The molecule has 0 atom stereocenters. The number of amides is 1. The van der Waals surface area contributed by atoms with Gasteiger partial charge in [-0.3, -0.25) is 9.59 Å². The van der Waals surface area contributed by atoms with Crippen LogP contribution >= 0.6 is 0 Å². The molecule has 8 heteroatoms. The number of carbonyl (C=O) groups is 1. The van der Waals surface area contributed by atoms with Crippen LogP contribution in [0.5, 0.6) is 0 Å². The fourth-order valence-corrected chi connectivity index (χ4v) is 3.23. The van der Waals surface area contributed by atoms with Crippen LogP contribution in [-0.2, 0) is 12.6 Å². The van der Waals surface area contributed by atoms with E-state index in [9.17, 15) is 22.8 Å². The van der Waals surface area contributed by atoms with Crippen molar-refractivity contribution in [3.63, 3.8) is 0 Å². The van der Waals surface area contributed by atoms with Gasteiger partial charge in [0.2, 0.25) is 5.43 Å². The Hall–Kier alpha value is -3.42. The van der Waals surface area contributed by atoms with Gasteiger partial charge in [0.05, 0.1) is 11.3 Å². The number of carbonyl (C=O) groups excluding carboxylic acids is 1. The Kier molecular flexibility index (Phi) is 6.58. The number of nitrogens with zero attached hydrogens (tertiary/aromatic N) is 3. The molecule has 1 heterocycles. The van der Waals surface area contributed by atoms with E-state index in [0.717, 1.165) is 17.7 Å². The topological polar surface area (TPSA) is 55.2 Å². The van der Waals surface area contributed by atoms with Crippen LogP contribution in [0.3, 0.4) is 0 Å². The third-order valence-electron chi connectivity index (χ3n) is 4.91. The highest BCUT2D eigenvalue weighted by Gasteiger charge is 2.30. The molecule has 0 aliphatic rings. The minimum Gasteiger partial charge on any atom is -0.337 e. The molecule has 1 aromatic heterocycles. The molecule has 0 saturated carbocycles. The SMILES string of the molecule is CCN(CCc1ccccc1)C(=O)c1nn(-c2cccc(C(F)(F)F)c2)c(C)cc1=O. The molecule has 3 aromatic rings. The lowest BCUT2D eigenvalue weighted by atomic mass is 10.1. The summed E-state index contributed by atoms with van der Waals surface area (Å²) in [5.41, 5.74) is -0.230. The molecule has 1 amide bonds. The number of likely N-dealkylation sites (N-methyl/N-ethyl adjacent to an activating group) is 1. The predicted molar refractivity (Wildman–Crippen MR) is 111 cm³/mol. The van der Waals surface area contributed by atoms with Gasteiger partial charge in [-0.25, -0.2) is 4.68 Å². The van der Waals surface area contributed by atoms with Crippen LogP contribution in [0.25, 0.3) is 5.69 Å². The van der Waals surface area contributed by atoms with E-state index in [1.165, 1.54) is 27.8 Å². The van der Waals surface area contributed by atoms with Crippen LogP contribution in [-0.4, -0.2) is 33.7 Å². The number of hydrogen-bond acceptors (Lipinski definition) is 3. The molecule has 0 saturated heterocycles. The summed E-state index contributed by atoms with van der Waals surface area (Å²) in [4.78, 5) is 27.0. The van der Waals surface area contributed by atoms with Crippen molar-refractivity contribution in [3.05, 3.63) is 93.4 Å². The normalized spacial score (nSPS) is 11.4. The van der Waals surface area contributed by atoms with Gasteiger partial charge >= 0.3 is 6.18 Å². The summed E-state index contributed by atoms with van der Waals surface area (Å²) in [6.45, 7) is 4.10. The van der Waals surface area contributed by atoms with Crippen molar-refractivity contribution in [1.82, 2.24) is 14.7 Å². The van der Waals surface area contributed by atoms with Crippen molar-refractivity contribution in [2.75, 3.05) is 13.1 Å². The van der Waals surface area contributed by atoms with E-state index >= 15 is 0 Å². The molecule has 0 spiro atoms. The van der Waals surface area contributed by atoms with E-state index in [0.29, 0.717) is 25.2 Å². The van der Waals surface area contributed by atoms with Gasteiger partial charge in [-0.05, 0) is 44.0 Å². The van der Waals surface area contributed by atoms with Crippen molar-refractivity contribution < 1.29 is 18.0 Å². The summed E-state index contributed by atoms with van der Waals surface area (Å²) in [6.07, 6.45) is -3.91. The molecule has 0 bridgehead atoms. The van der Waals surface area contributed by atoms with Gasteiger partial charge in [-0.1, -0.05) is 36.4 Å². The van der Waals surface area contributed by atoms with Crippen molar-refractivity contribution >= 4 is 5.91 Å². The zero-order valence-corrected chi connectivity index (χ0v) is 17.2. The van der Waals surface area contributed by atoms with Crippen LogP contribution in [0.2, 0.25) is 0 Å². The molecule has 31 heavy (non-hydrogen) atoms. The standard InChI is InChI=1S/C23H22F3N3O2/c1-3-28(13-12-17-8-5-4-6-9-17)22(31)21-20(30)14-16(2)29(27-21)19-11-7-10-18(15-19)23(24,25)26/h4-11,14-15H,3,12-13H2,1-2H3. The summed E-state index contributed by atoms with van der Waals surface area (Å²) < 4.78 is 40.5. The molecule has 0 aliphatic carbocycles. The van der Waals surface area contributed by atoms with E-state index in [-0.39, 0.29) is 11.4 Å². The third-order valence-corrected chi connectivity index (χ3v) is 4.91. The molecule has 3 rings (SSSR count). The second-order valence-corrected chi connectivity index (χ2v) is 7.08. The third kappa shape index (κ3) is 5.20. The van der Waals surface area contributed by atoms with E-state index < -0.39 is 23.1 Å². The quantitative estimate of drug-likeness (QED) is 0.588. The van der Waals surface area contributed by atoms with Crippen molar-refractivity contribution in [2.45, 2.75) is 26.4 Å². The minimum absolute atomic E-state index is 0.119. The Morgan fingerprint density at radius 2 is 1.77 bits per heavy atom. The van der Waals surface area contributed by atoms with Gasteiger partial charge in [0.1, 0.15) is 0 Å². The number of halogens is 3. The van der Waals surface area contributed by atoms with Gasteiger partial charge in [0, 0.05) is 24.8 Å². The average molecular weight is 429 g/mol. The molecule has 0 fully saturated rings. The van der Waals surface area contributed by atoms with Crippen LogP contribution < -0.4 is 5.43 Å². The summed E-state index contributed by atoms with van der Waals surface area (Å²) in [7, 11) is 0. The molecule has 2 aromatic carbocycles. The molecule has 0 N–H and O–H groups in total. The predicted octanol–water partition coefficient (Wildman–Crippen LogP) is 4.26. The van der Waals surface area contributed by atoms with E-state index in [1.54, 1.807) is 13.8 Å². The number of hydrogen-bond donors (Lipinski definition) is 0. The molecule has 0 aliphatic heterocycles. The molecular weight excluding hydrogens is 407 g/mol. The summed E-state index contributed by atoms with van der Waals surface area (Å²) in [6, 6.07) is 15.4. The monoisotopic (exact) mass is 429 g/mol. The Balaban J connectivity index is 1.93. The Morgan fingerprint density at radius 3 is 2.42 bits per heavy atom. The second-order valence-electron chi connectivity index (χ2n) is 7.08. The highest BCUT2D eigenvalue weighted by Crippen LogP contribution is 2.30. The fourth-order valence-electron chi connectivity index (χ4n) is 3.23. The van der Waals surface area contributed by atoms with Crippen molar-refractivity contribution in [1.29, 1.82) is 0 Å². The smallest absolute Gasteiger partial charge is 0.337 e. The summed E-state index contributed by atoms with van der Waals surface area (Å²) >= 11 is 0. The second kappa shape index (κ2) is 9.16. The highest BCUT2D eigenvalue weighted by molar-refractivity contribution is 5.92. The number of alkyl halides is 3. The maximum atomic E-state index is 13.1. The van der Waals surface area contributed by atoms with E-state index in [4.69, 9.17) is 0 Å². The van der Waals surface area contributed by atoms with Crippen LogP contribution in [0.15, 0.2) is 65.5 Å². The largest absolute Gasteiger partial charge is 0.416 e. The zero-order valence-electron chi connectivity index (χ0n) is 17.2. The molecule has 0 radical (unpaired) electrons. The molecular formula is C23H22F3N3O2. The first-order chi connectivity index (χ1) is 14.7. The summed E-state index contributed by atoms with van der Waals surface area (Å²) in [5.74, 6) is -0.552. The number of benzene rings is 2. The van der Waals surface area contributed by atoms with Gasteiger partial charge in [0.25, 0.3) is 5.91 Å². The highest BCUT2D eigenvalue weighted by atomic mass is 19.4. The van der Waals surface area contributed by atoms with Crippen LogP contribution in [0.4, 0.5) is 13.2 Å². The first kappa shape index (κ1) is 22.3. The lowest BCUT2D eigenvalue weighted by Crippen LogP contribution is -2.37. The lowest BCUT2D eigenvalue weighted by molar-refractivity contribution is -0.137. The van der Waals surface area contributed by atoms with E-state index in [1.807, 2.05) is 30.3 Å². The molecule has 5 nitrogen and oxygen atoms in total. The van der Waals surface area contributed by atoms with E-state index in [2.05, 4.69) is 5.10 Å². The number of aryl methyl sites for hydroxylation is 1. The minimum atomic E-state index is -4.52. The number of aromatic nitrogens is 2. The van der Waals surface area contributed by atoms with Gasteiger partial charge in [0.15, 0.2) is 5.69 Å². The zero-order chi connectivity index (χ0) is 22.6. The Labute approximate surface area is 177 Å². The fraction of sp³-hybridized carbons (Fsp3) is 0.261. The lowest BCUT2D eigenvalue weighted by Gasteiger charge is -2.21. The Bertz CT molecular complexity index is 1120. The summed E-state index contributed by atoms with van der Waals surface area (Å²) in [5, 5.41) is 4.13. The average Bonchev–Trinajstić information content (AvgIpc) is 2.74. The van der Waals surface area contributed by atoms with Gasteiger partial charge < -0.3 is 4.90 Å². The molecule has 162 valence electrons. The van der Waals surface area contributed by atoms with Crippen molar-refractivity contribution in [2.24, 2.45) is 0 Å². The maximum Gasteiger partial charge on any atom is 0.416 e.